The monoisotopic (exact) mass is 343 g/mol. The third-order valence-corrected chi connectivity index (χ3v) is 4.57. The SMILES string of the molecule is OCCSc1nnc(-c2ccccc2F)n1CCc1ccccc1. The van der Waals surface area contributed by atoms with E-state index in [1.165, 1.54) is 23.4 Å². The van der Waals surface area contributed by atoms with E-state index in [0.29, 0.717) is 28.8 Å². The molecular weight excluding hydrogens is 325 g/mol. The average molecular weight is 343 g/mol. The molecule has 0 fully saturated rings. The molecular formula is C18H18FN3OS. The average Bonchev–Trinajstić information content (AvgIpc) is 3.02. The normalized spacial score (nSPS) is 10.9. The first-order chi connectivity index (χ1) is 11.8. The molecule has 0 unspecified atom stereocenters. The predicted molar refractivity (Wildman–Crippen MR) is 93.4 cm³/mol. The third kappa shape index (κ3) is 3.83. The maximum absolute atomic E-state index is 14.2. The number of aryl methyl sites for hydroxylation is 1. The Bertz CT molecular complexity index is 792. The first-order valence-corrected chi connectivity index (χ1v) is 8.74. The van der Waals surface area contributed by atoms with Gasteiger partial charge in [0.1, 0.15) is 5.82 Å². The van der Waals surface area contributed by atoms with Gasteiger partial charge < -0.3 is 9.67 Å². The Labute approximate surface area is 144 Å². The van der Waals surface area contributed by atoms with Gasteiger partial charge in [0.05, 0.1) is 12.2 Å². The molecule has 0 radical (unpaired) electrons. The van der Waals surface area contributed by atoms with Crippen LogP contribution in [-0.2, 0) is 13.0 Å². The Morgan fingerprint density at radius 3 is 2.50 bits per heavy atom. The molecule has 24 heavy (non-hydrogen) atoms. The summed E-state index contributed by atoms with van der Waals surface area (Å²) in [4.78, 5) is 0. The largest absolute Gasteiger partial charge is 0.396 e. The van der Waals surface area contributed by atoms with Gasteiger partial charge in [0.15, 0.2) is 11.0 Å². The van der Waals surface area contributed by atoms with Crippen LogP contribution in [-0.4, -0.2) is 32.2 Å². The fourth-order valence-electron chi connectivity index (χ4n) is 2.46. The highest BCUT2D eigenvalue weighted by Gasteiger charge is 2.16. The Kier molecular flexibility index (Phi) is 5.61. The molecule has 3 rings (SSSR count). The summed E-state index contributed by atoms with van der Waals surface area (Å²) in [6.45, 7) is 0.708. The lowest BCUT2D eigenvalue weighted by Crippen LogP contribution is -2.06. The van der Waals surface area contributed by atoms with Crippen molar-refractivity contribution in [1.29, 1.82) is 0 Å². The zero-order valence-corrected chi connectivity index (χ0v) is 13.9. The van der Waals surface area contributed by atoms with E-state index >= 15 is 0 Å². The molecule has 0 aliphatic heterocycles. The number of aliphatic hydroxyl groups is 1. The summed E-state index contributed by atoms with van der Waals surface area (Å²) in [5, 5.41) is 18.1. The van der Waals surface area contributed by atoms with Crippen LogP contribution in [0.2, 0.25) is 0 Å². The van der Waals surface area contributed by atoms with Crippen molar-refractivity contribution >= 4 is 11.8 Å². The minimum atomic E-state index is -0.315. The molecule has 0 saturated carbocycles. The lowest BCUT2D eigenvalue weighted by molar-refractivity contribution is 0.322. The van der Waals surface area contributed by atoms with Gasteiger partial charge >= 0.3 is 0 Å². The number of hydrogen-bond acceptors (Lipinski definition) is 4. The summed E-state index contributed by atoms with van der Waals surface area (Å²) >= 11 is 1.42. The second-order valence-electron chi connectivity index (χ2n) is 5.25. The van der Waals surface area contributed by atoms with E-state index in [2.05, 4.69) is 22.3 Å². The van der Waals surface area contributed by atoms with Crippen LogP contribution in [0, 0.1) is 5.82 Å². The fourth-order valence-corrected chi connectivity index (χ4v) is 3.17. The van der Waals surface area contributed by atoms with E-state index in [0.717, 1.165) is 6.42 Å². The summed E-state index contributed by atoms with van der Waals surface area (Å²) < 4.78 is 16.1. The lowest BCUT2D eigenvalue weighted by Gasteiger charge is -2.10. The molecule has 0 atom stereocenters. The van der Waals surface area contributed by atoms with Gasteiger partial charge in [-0.1, -0.05) is 54.2 Å². The molecule has 0 aliphatic carbocycles. The number of halogens is 1. The summed E-state index contributed by atoms with van der Waals surface area (Å²) in [6, 6.07) is 16.7. The van der Waals surface area contributed by atoms with Crippen LogP contribution in [0.3, 0.4) is 0 Å². The molecule has 2 aromatic carbocycles. The summed E-state index contributed by atoms with van der Waals surface area (Å²) in [6.07, 6.45) is 0.799. The highest BCUT2D eigenvalue weighted by atomic mass is 32.2. The smallest absolute Gasteiger partial charge is 0.191 e. The van der Waals surface area contributed by atoms with Crippen LogP contribution in [0.1, 0.15) is 5.56 Å². The van der Waals surface area contributed by atoms with Crippen molar-refractivity contribution < 1.29 is 9.50 Å². The van der Waals surface area contributed by atoms with Crippen molar-refractivity contribution in [1.82, 2.24) is 14.8 Å². The molecule has 1 aromatic heterocycles. The van der Waals surface area contributed by atoms with E-state index in [-0.39, 0.29) is 12.4 Å². The summed E-state index contributed by atoms with van der Waals surface area (Å²) in [5.74, 6) is 0.731. The Morgan fingerprint density at radius 1 is 1.00 bits per heavy atom. The number of thioether (sulfide) groups is 1. The predicted octanol–water partition coefficient (Wildman–Crippen LogP) is 3.41. The van der Waals surface area contributed by atoms with Gasteiger partial charge in [-0.25, -0.2) is 4.39 Å². The molecule has 0 bridgehead atoms. The van der Waals surface area contributed by atoms with Crippen molar-refractivity contribution in [2.45, 2.75) is 18.1 Å². The van der Waals surface area contributed by atoms with Crippen molar-refractivity contribution in [3.05, 3.63) is 66.0 Å². The summed E-state index contributed by atoms with van der Waals surface area (Å²) in [7, 11) is 0. The second-order valence-corrected chi connectivity index (χ2v) is 6.31. The van der Waals surface area contributed by atoms with Gasteiger partial charge in [0.25, 0.3) is 0 Å². The standard InChI is InChI=1S/C18H18FN3OS/c19-16-9-5-4-8-15(16)17-20-21-18(24-13-12-23)22(17)11-10-14-6-2-1-3-7-14/h1-9,23H,10-13H2. The number of hydrogen-bond donors (Lipinski definition) is 1. The lowest BCUT2D eigenvalue weighted by atomic mass is 10.1. The van der Waals surface area contributed by atoms with Crippen LogP contribution in [0.25, 0.3) is 11.4 Å². The van der Waals surface area contributed by atoms with Gasteiger partial charge in [-0.15, -0.1) is 10.2 Å². The minimum Gasteiger partial charge on any atom is -0.396 e. The van der Waals surface area contributed by atoms with Gasteiger partial charge in [-0.05, 0) is 24.1 Å². The highest BCUT2D eigenvalue weighted by molar-refractivity contribution is 7.99. The first-order valence-electron chi connectivity index (χ1n) is 7.75. The molecule has 124 valence electrons. The minimum absolute atomic E-state index is 0.0608. The zero-order chi connectivity index (χ0) is 16.8. The van der Waals surface area contributed by atoms with Gasteiger partial charge in [0, 0.05) is 12.3 Å². The Hall–Kier alpha value is -2.18. The van der Waals surface area contributed by atoms with Crippen LogP contribution in [0.5, 0.6) is 0 Å². The first kappa shape index (κ1) is 16.7. The number of aromatic nitrogens is 3. The van der Waals surface area contributed by atoms with E-state index in [4.69, 9.17) is 5.11 Å². The van der Waals surface area contributed by atoms with E-state index in [1.807, 2.05) is 22.8 Å². The van der Waals surface area contributed by atoms with Crippen molar-refractivity contribution in [3.8, 4) is 11.4 Å². The number of rotatable bonds is 7. The van der Waals surface area contributed by atoms with Crippen LogP contribution in [0.15, 0.2) is 59.8 Å². The third-order valence-electron chi connectivity index (χ3n) is 3.62. The molecule has 0 aliphatic rings. The van der Waals surface area contributed by atoms with Crippen LogP contribution >= 0.6 is 11.8 Å². The fraction of sp³-hybridized carbons (Fsp3) is 0.222. The van der Waals surface area contributed by atoms with E-state index in [1.54, 1.807) is 18.2 Å². The molecule has 0 spiro atoms. The van der Waals surface area contributed by atoms with E-state index < -0.39 is 0 Å². The van der Waals surface area contributed by atoms with E-state index in [9.17, 15) is 4.39 Å². The number of aliphatic hydroxyl groups excluding tert-OH is 1. The van der Waals surface area contributed by atoms with Crippen molar-refractivity contribution in [3.63, 3.8) is 0 Å². The molecule has 1 heterocycles. The Balaban J connectivity index is 1.91. The topological polar surface area (TPSA) is 50.9 Å². The van der Waals surface area contributed by atoms with Crippen LogP contribution < -0.4 is 0 Å². The number of nitrogens with zero attached hydrogens (tertiary/aromatic N) is 3. The highest BCUT2D eigenvalue weighted by Crippen LogP contribution is 2.26. The zero-order valence-electron chi connectivity index (χ0n) is 13.1. The number of benzene rings is 2. The molecule has 6 heteroatoms. The molecule has 3 aromatic rings. The molecule has 1 N–H and O–H groups in total. The van der Waals surface area contributed by atoms with Crippen LogP contribution in [0.4, 0.5) is 4.39 Å². The molecule has 4 nitrogen and oxygen atoms in total. The van der Waals surface area contributed by atoms with Crippen molar-refractivity contribution in [2.24, 2.45) is 0 Å². The maximum Gasteiger partial charge on any atom is 0.191 e. The van der Waals surface area contributed by atoms with Gasteiger partial charge in [-0.3, -0.25) is 0 Å². The second kappa shape index (κ2) is 8.08. The maximum atomic E-state index is 14.2. The van der Waals surface area contributed by atoms with Gasteiger partial charge in [-0.2, -0.15) is 0 Å². The quantitative estimate of drug-likeness (QED) is 0.668. The molecule has 0 saturated heterocycles. The summed E-state index contributed by atoms with van der Waals surface area (Å²) in [5.41, 5.74) is 1.64. The Morgan fingerprint density at radius 2 is 1.75 bits per heavy atom. The van der Waals surface area contributed by atoms with Gasteiger partial charge in [0.2, 0.25) is 0 Å². The van der Waals surface area contributed by atoms with Crippen molar-refractivity contribution in [2.75, 3.05) is 12.4 Å². The molecule has 0 amide bonds.